The molecular weight excluding hydrogens is 347 g/mol. The maximum absolute atomic E-state index is 13.8. The summed E-state index contributed by atoms with van der Waals surface area (Å²) in [6, 6.07) is 11.9. The Labute approximate surface area is 157 Å². The summed E-state index contributed by atoms with van der Waals surface area (Å²) in [5, 5.41) is 6.49. The lowest BCUT2D eigenvalue weighted by Gasteiger charge is -2.09. The van der Waals surface area contributed by atoms with E-state index in [2.05, 4.69) is 10.5 Å². The molecule has 0 saturated carbocycles. The third-order valence-electron chi connectivity index (χ3n) is 4.25. The SMILES string of the molecule is Cc1ccc(NC(=O)Cc2ccc(OCc3c(C)noc3C)cc2)c(F)c1. The van der Waals surface area contributed by atoms with E-state index in [1.54, 1.807) is 31.2 Å². The van der Waals surface area contributed by atoms with Gasteiger partial charge in [0.05, 0.1) is 23.4 Å². The van der Waals surface area contributed by atoms with E-state index in [1.807, 2.05) is 26.0 Å². The Hall–Kier alpha value is -3.15. The van der Waals surface area contributed by atoms with Crippen LogP contribution in [0.15, 0.2) is 47.0 Å². The normalized spacial score (nSPS) is 10.7. The van der Waals surface area contributed by atoms with Gasteiger partial charge in [-0.2, -0.15) is 0 Å². The van der Waals surface area contributed by atoms with Crippen LogP contribution in [-0.4, -0.2) is 11.1 Å². The van der Waals surface area contributed by atoms with Crippen LogP contribution in [0.2, 0.25) is 0 Å². The molecule has 140 valence electrons. The zero-order valence-corrected chi connectivity index (χ0v) is 15.5. The number of aryl methyl sites for hydroxylation is 3. The molecule has 0 saturated heterocycles. The Bertz CT molecular complexity index is 929. The second-order valence-corrected chi connectivity index (χ2v) is 6.44. The quantitative estimate of drug-likeness (QED) is 0.696. The van der Waals surface area contributed by atoms with E-state index in [1.165, 1.54) is 6.07 Å². The molecule has 1 amide bonds. The van der Waals surface area contributed by atoms with Crippen molar-refractivity contribution in [2.45, 2.75) is 33.8 Å². The van der Waals surface area contributed by atoms with Crippen LogP contribution in [-0.2, 0) is 17.8 Å². The van der Waals surface area contributed by atoms with Gasteiger partial charge in [-0.05, 0) is 56.2 Å². The van der Waals surface area contributed by atoms with Crippen LogP contribution in [0, 0.1) is 26.6 Å². The number of hydrogen-bond acceptors (Lipinski definition) is 4. The average Bonchev–Trinajstić information content (AvgIpc) is 2.95. The largest absolute Gasteiger partial charge is 0.489 e. The Kier molecular flexibility index (Phi) is 5.54. The van der Waals surface area contributed by atoms with Crippen molar-refractivity contribution in [1.29, 1.82) is 0 Å². The minimum absolute atomic E-state index is 0.150. The Morgan fingerprint density at radius 2 is 1.89 bits per heavy atom. The fraction of sp³-hybridized carbons (Fsp3) is 0.238. The molecule has 0 radical (unpaired) electrons. The number of nitrogens with zero attached hydrogens (tertiary/aromatic N) is 1. The van der Waals surface area contributed by atoms with Crippen LogP contribution in [0.1, 0.15) is 28.1 Å². The minimum atomic E-state index is -0.438. The number of anilines is 1. The highest BCUT2D eigenvalue weighted by Gasteiger charge is 2.10. The number of benzene rings is 2. The van der Waals surface area contributed by atoms with Crippen molar-refractivity contribution in [3.05, 3.63) is 76.4 Å². The summed E-state index contributed by atoms with van der Waals surface area (Å²) in [7, 11) is 0. The van der Waals surface area contributed by atoms with Crippen molar-refractivity contribution in [3.8, 4) is 5.75 Å². The van der Waals surface area contributed by atoms with Crippen LogP contribution >= 0.6 is 0 Å². The van der Waals surface area contributed by atoms with Crippen LogP contribution in [0.3, 0.4) is 0 Å². The molecule has 0 spiro atoms. The molecular formula is C21H21FN2O3. The van der Waals surface area contributed by atoms with E-state index >= 15 is 0 Å². The first kappa shape index (κ1) is 18.6. The van der Waals surface area contributed by atoms with Gasteiger partial charge in [-0.15, -0.1) is 0 Å². The van der Waals surface area contributed by atoms with E-state index in [0.717, 1.165) is 28.1 Å². The van der Waals surface area contributed by atoms with Crippen molar-refractivity contribution < 1.29 is 18.4 Å². The van der Waals surface area contributed by atoms with E-state index in [4.69, 9.17) is 9.26 Å². The number of halogens is 1. The molecule has 5 nitrogen and oxygen atoms in total. The number of carbonyl (C=O) groups excluding carboxylic acids is 1. The molecule has 0 unspecified atom stereocenters. The fourth-order valence-corrected chi connectivity index (χ4v) is 2.67. The van der Waals surface area contributed by atoms with Gasteiger partial charge in [0.1, 0.15) is 23.9 Å². The average molecular weight is 368 g/mol. The highest BCUT2D eigenvalue weighted by Crippen LogP contribution is 2.19. The van der Waals surface area contributed by atoms with E-state index in [-0.39, 0.29) is 18.0 Å². The van der Waals surface area contributed by atoms with Crippen LogP contribution in [0.25, 0.3) is 0 Å². The first-order valence-corrected chi connectivity index (χ1v) is 8.62. The molecule has 0 bridgehead atoms. The maximum Gasteiger partial charge on any atom is 0.228 e. The van der Waals surface area contributed by atoms with Crippen LogP contribution in [0.4, 0.5) is 10.1 Å². The summed E-state index contributed by atoms with van der Waals surface area (Å²) in [6.45, 7) is 5.88. The van der Waals surface area contributed by atoms with E-state index < -0.39 is 5.82 Å². The van der Waals surface area contributed by atoms with Crippen molar-refractivity contribution in [3.63, 3.8) is 0 Å². The highest BCUT2D eigenvalue weighted by atomic mass is 19.1. The first-order chi connectivity index (χ1) is 12.9. The van der Waals surface area contributed by atoms with Gasteiger partial charge in [0.25, 0.3) is 0 Å². The monoisotopic (exact) mass is 368 g/mol. The number of aromatic nitrogens is 1. The number of ether oxygens (including phenoxy) is 1. The second-order valence-electron chi connectivity index (χ2n) is 6.44. The molecule has 0 fully saturated rings. The zero-order chi connectivity index (χ0) is 19.4. The van der Waals surface area contributed by atoms with Crippen LogP contribution in [0.5, 0.6) is 5.75 Å². The van der Waals surface area contributed by atoms with E-state index in [9.17, 15) is 9.18 Å². The van der Waals surface area contributed by atoms with Crippen molar-refractivity contribution in [1.82, 2.24) is 5.16 Å². The summed E-state index contributed by atoms with van der Waals surface area (Å²) in [6.07, 6.45) is 0.150. The number of nitrogens with one attached hydrogen (secondary N) is 1. The molecule has 1 aromatic heterocycles. The lowest BCUT2D eigenvalue weighted by molar-refractivity contribution is -0.115. The fourth-order valence-electron chi connectivity index (χ4n) is 2.67. The molecule has 2 aromatic carbocycles. The van der Waals surface area contributed by atoms with Crippen molar-refractivity contribution in [2.75, 3.05) is 5.32 Å². The molecule has 0 atom stereocenters. The van der Waals surface area contributed by atoms with E-state index in [0.29, 0.717) is 12.4 Å². The van der Waals surface area contributed by atoms with Crippen molar-refractivity contribution in [2.24, 2.45) is 0 Å². The second kappa shape index (κ2) is 8.03. The number of rotatable bonds is 6. The summed E-state index contributed by atoms with van der Waals surface area (Å²) >= 11 is 0. The third-order valence-corrected chi connectivity index (χ3v) is 4.25. The van der Waals surface area contributed by atoms with Crippen molar-refractivity contribution >= 4 is 11.6 Å². The molecule has 0 aliphatic heterocycles. The molecule has 27 heavy (non-hydrogen) atoms. The predicted octanol–water partition coefficient (Wildman–Crippen LogP) is 4.50. The van der Waals surface area contributed by atoms with Gasteiger partial charge in [-0.25, -0.2) is 4.39 Å². The standard InChI is InChI=1S/C21H21FN2O3/c1-13-4-9-20(19(22)10-13)23-21(25)11-16-5-7-17(8-6-16)26-12-18-14(2)24-27-15(18)3/h4-10H,11-12H2,1-3H3,(H,23,25). The molecule has 3 aromatic rings. The zero-order valence-electron chi connectivity index (χ0n) is 15.5. The number of hydrogen-bond donors (Lipinski definition) is 1. The highest BCUT2D eigenvalue weighted by molar-refractivity contribution is 5.92. The lowest BCUT2D eigenvalue weighted by Crippen LogP contribution is -2.15. The summed E-state index contributed by atoms with van der Waals surface area (Å²) in [5.41, 5.74) is 3.54. The van der Waals surface area contributed by atoms with Gasteiger partial charge >= 0.3 is 0 Å². The third kappa shape index (κ3) is 4.73. The molecule has 3 rings (SSSR count). The molecule has 0 aliphatic carbocycles. The molecule has 0 aliphatic rings. The van der Waals surface area contributed by atoms with Gasteiger partial charge in [-0.1, -0.05) is 23.4 Å². The minimum Gasteiger partial charge on any atom is -0.489 e. The topological polar surface area (TPSA) is 64.4 Å². The van der Waals surface area contributed by atoms with Gasteiger partial charge in [0.2, 0.25) is 5.91 Å². The summed E-state index contributed by atoms with van der Waals surface area (Å²) in [5.74, 6) is 0.710. The van der Waals surface area contributed by atoms with Gasteiger partial charge in [0, 0.05) is 0 Å². The molecule has 1 N–H and O–H groups in total. The van der Waals surface area contributed by atoms with Crippen LogP contribution < -0.4 is 10.1 Å². The molecule has 6 heteroatoms. The summed E-state index contributed by atoms with van der Waals surface area (Å²) in [4.78, 5) is 12.1. The summed E-state index contributed by atoms with van der Waals surface area (Å²) < 4.78 is 24.7. The number of carbonyl (C=O) groups is 1. The number of amides is 1. The Balaban J connectivity index is 1.56. The van der Waals surface area contributed by atoms with Gasteiger partial charge in [0.15, 0.2) is 0 Å². The lowest BCUT2D eigenvalue weighted by atomic mass is 10.1. The first-order valence-electron chi connectivity index (χ1n) is 8.62. The predicted molar refractivity (Wildman–Crippen MR) is 100 cm³/mol. The van der Waals surface area contributed by atoms with Gasteiger partial charge in [-0.3, -0.25) is 4.79 Å². The molecule has 1 heterocycles. The Morgan fingerprint density at radius 3 is 2.52 bits per heavy atom. The smallest absolute Gasteiger partial charge is 0.228 e. The van der Waals surface area contributed by atoms with Gasteiger partial charge < -0.3 is 14.6 Å². The Morgan fingerprint density at radius 1 is 1.15 bits per heavy atom. The maximum atomic E-state index is 13.8.